The van der Waals surface area contributed by atoms with E-state index in [1.165, 1.54) is 11.8 Å². The quantitative estimate of drug-likeness (QED) is 0.696. The summed E-state index contributed by atoms with van der Waals surface area (Å²) >= 11 is 6.29. The van der Waals surface area contributed by atoms with Gasteiger partial charge in [-0.2, -0.15) is 0 Å². The summed E-state index contributed by atoms with van der Waals surface area (Å²) in [5.74, 6) is 0.127. The van der Waals surface area contributed by atoms with E-state index in [1.54, 1.807) is 0 Å². The van der Waals surface area contributed by atoms with E-state index in [0.717, 1.165) is 11.1 Å². The molecule has 0 aromatic carbocycles. The van der Waals surface area contributed by atoms with Crippen LogP contribution in [0.5, 0.6) is 0 Å². The van der Waals surface area contributed by atoms with Gasteiger partial charge in [-0.1, -0.05) is 23.9 Å². The summed E-state index contributed by atoms with van der Waals surface area (Å²) in [6.07, 6.45) is 3.84. The number of Topliss-reactive ketones (excluding diaryl/α,β-unsaturated/α-hetero) is 1. The van der Waals surface area contributed by atoms with Gasteiger partial charge in [-0.25, -0.2) is 0 Å². The van der Waals surface area contributed by atoms with Crippen molar-refractivity contribution in [2.45, 2.75) is 26.0 Å². The number of allylic oxidation sites excluding steroid dienone is 3. The molecule has 1 rings (SSSR count). The lowest BCUT2D eigenvalue weighted by Gasteiger charge is -2.17. The van der Waals surface area contributed by atoms with Gasteiger partial charge in [-0.05, 0) is 44.1 Å². The fourth-order valence-corrected chi connectivity index (χ4v) is 2.46. The molecule has 0 amide bonds. The first kappa shape index (κ1) is 12.5. The van der Waals surface area contributed by atoms with Gasteiger partial charge in [0.25, 0.3) is 0 Å². The van der Waals surface area contributed by atoms with Crippen LogP contribution < -0.4 is 0 Å². The third kappa shape index (κ3) is 3.18. The van der Waals surface area contributed by atoms with Gasteiger partial charge in [0, 0.05) is 0 Å². The highest BCUT2D eigenvalue weighted by Gasteiger charge is 2.23. The lowest BCUT2D eigenvalue weighted by atomic mass is 9.99. The molecular formula is C11H14O2S2. The fourth-order valence-electron chi connectivity index (χ4n) is 1.20. The summed E-state index contributed by atoms with van der Waals surface area (Å²) < 4.78 is 5.59. The molecule has 1 unspecified atom stereocenters. The fraction of sp³-hybridized carbons (Fsp3) is 0.455. The number of carbonyl (C=O) groups excluding carboxylic acids is 1. The molecule has 0 radical (unpaired) electrons. The first-order valence-electron chi connectivity index (χ1n) is 4.79. The van der Waals surface area contributed by atoms with Gasteiger partial charge in [-0.15, -0.1) is 0 Å². The van der Waals surface area contributed by atoms with E-state index in [1.807, 2.05) is 32.9 Å². The molecule has 0 aliphatic heterocycles. The van der Waals surface area contributed by atoms with Gasteiger partial charge in [0.15, 0.2) is 5.78 Å². The first-order valence-corrected chi connectivity index (χ1v) is 6.08. The molecule has 82 valence electrons. The lowest BCUT2D eigenvalue weighted by molar-refractivity contribution is -0.114. The number of thioether (sulfide) groups is 1. The predicted molar refractivity (Wildman–Crippen MR) is 68.1 cm³/mol. The Bertz CT molecular complexity index is 342. The Morgan fingerprint density at radius 2 is 2.27 bits per heavy atom. The van der Waals surface area contributed by atoms with Gasteiger partial charge < -0.3 is 4.74 Å². The van der Waals surface area contributed by atoms with Gasteiger partial charge in [0.05, 0.1) is 11.9 Å². The van der Waals surface area contributed by atoms with E-state index in [-0.39, 0.29) is 11.0 Å². The second kappa shape index (κ2) is 5.47. The highest BCUT2D eigenvalue weighted by atomic mass is 32.2. The third-order valence-corrected chi connectivity index (χ3v) is 3.57. The van der Waals surface area contributed by atoms with E-state index in [2.05, 4.69) is 0 Å². The van der Waals surface area contributed by atoms with Crippen LogP contribution in [-0.4, -0.2) is 22.0 Å². The number of carbonyl (C=O) groups is 1. The SMILES string of the molecule is CCOC(=S)SC1C=CC(C)=C(C)C1=O. The Labute approximate surface area is 99.8 Å². The molecule has 0 spiro atoms. The van der Waals surface area contributed by atoms with Crippen molar-refractivity contribution in [1.82, 2.24) is 0 Å². The zero-order valence-electron chi connectivity index (χ0n) is 9.07. The minimum Gasteiger partial charge on any atom is -0.479 e. The normalized spacial score (nSPS) is 20.7. The van der Waals surface area contributed by atoms with Crippen LogP contribution in [0.4, 0.5) is 0 Å². The maximum atomic E-state index is 11.8. The molecule has 2 nitrogen and oxygen atoms in total. The standard InChI is InChI=1S/C11H14O2S2/c1-4-13-11(14)15-9-6-5-7(2)8(3)10(9)12/h5-6,9H,4H2,1-3H3. The molecule has 1 aliphatic carbocycles. The molecule has 0 aromatic rings. The Morgan fingerprint density at radius 3 is 2.87 bits per heavy atom. The Hall–Kier alpha value is -0.610. The highest BCUT2D eigenvalue weighted by molar-refractivity contribution is 8.23. The van der Waals surface area contributed by atoms with E-state index >= 15 is 0 Å². The van der Waals surface area contributed by atoms with Gasteiger partial charge in [-0.3, -0.25) is 4.79 Å². The summed E-state index contributed by atoms with van der Waals surface area (Å²) in [6.45, 7) is 6.20. The molecule has 4 heteroatoms. The minimum absolute atomic E-state index is 0.127. The number of hydrogen-bond acceptors (Lipinski definition) is 4. The topological polar surface area (TPSA) is 26.3 Å². The van der Waals surface area contributed by atoms with E-state index in [0.29, 0.717) is 11.0 Å². The first-order chi connectivity index (χ1) is 7.06. The number of thiocarbonyl (C=S) groups is 1. The summed E-state index contributed by atoms with van der Waals surface area (Å²) in [6, 6.07) is 0. The van der Waals surface area contributed by atoms with Gasteiger partial charge in [0.2, 0.25) is 4.38 Å². The van der Waals surface area contributed by atoms with E-state index < -0.39 is 0 Å². The van der Waals surface area contributed by atoms with Crippen LogP contribution in [0.25, 0.3) is 0 Å². The van der Waals surface area contributed by atoms with Gasteiger partial charge >= 0.3 is 0 Å². The largest absolute Gasteiger partial charge is 0.479 e. The van der Waals surface area contributed by atoms with Gasteiger partial charge in [0.1, 0.15) is 0 Å². The van der Waals surface area contributed by atoms with Crippen molar-refractivity contribution in [2.24, 2.45) is 0 Å². The Morgan fingerprint density at radius 1 is 1.60 bits per heavy atom. The minimum atomic E-state index is -0.215. The van der Waals surface area contributed by atoms with Crippen LogP contribution in [0.15, 0.2) is 23.3 Å². The summed E-state index contributed by atoms with van der Waals surface area (Å²) in [7, 11) is 0. The van der Waals surface area contributed by atoms with Crippen molar-refractivity contribution >= 4 is 34.1 Å². The van der Waals surface area contributed by atoms with Crippen LogP contribution >= 0.6 is 24.0 Å². The summed E-state index contributed by atoms with van der Waals surface area (Å²) in [5, 5.41) is -0.215. The molecular weight excluding hydrogens is 228 g/mol. The van der Waals surface area contributed by atoms with Crippen molar-refractivity contribution in [3.63, 3.8) is 0 Å². The molecule has 0 heterocycles. The van der Waals surface area contributed by atoms with Crippen LogP contribution in [-0.2, 0) is 9.53 Å². The van der Waals surface area contributed by atoms with E-state index in [9.17, 15) is 4.79 Å². The summed E-state index contributed by atoms with van der Waals surface area (Å²) in [4.78, 5) is 11.8. The molecule has 0 N–H and O–H groups in total. The second-order valence-electron chi connectivity index (χ2n) is 3.25. The smallest absolute Gasteiger partial charge is 0.220 e. The maximum absolute atomic E-state index is 11.8. The average molecular weight is 242 g/mol. The molecule has 0 bridgehead atoms. The predicted octanol–water partition coefficient (Wildman–Crippen LogP) is 2.88. The van der Waals surface area contributed by atoms with Crippen molar-refractivity contribution in [3.8, 4) is 0 Å². The van der Waals surface area contributed by atoms with Crippen LogP contribution in [0.2, 0.25) is 0 Å². The second-order valence-corrected chi connectivity index (χ2v) is 5.00. The maximum Gasteiger partial charge on any atom is 0.220 e. The number of hydrogen-bond donors (Lipinski definition) is 0. The zero-order chi connectivity index (χ0) is 11.4. The van der Waals surface area contributed by atoms with Crippen molar-refractivity contribution < 1.29 is 9.53 Å². The molecule has 0 saturated heterocycles. The van der Waals surface area contributed by atoms with Crippen LogP contribution in [0, 0.1) is 0 Å². The average Bonchev–Trinajstić information content (AvgIpc) is 2.20. The van der Waals surface area contributed by atoms with Crippen LogP contribution in [0.1, 0.15) is 20.8 Å². The summed E-state index contributed by atoms with van der Waals surface area (Å²) in [5.41, 5.74) is 1.84. The zero-order valence-corrected chi connectivity index (χ0v) is 10.7. The number of rotatable bonds is 2. The Balaban J connectivity index is 2.65. The van der Waals surface area contributed by atoms with Crippen molar-refractivity contribution in [1.29, 1.82) is 0 Å². The molecule has 1 aliphatic rings. The monoisotopic (exact) mass is 242 g/mol. The number of ketones is 1. The van der Waals surface area contributed by atoms with Crippen molar-refractivity contribution in [3.05, 3.63) is 23.3 Å². The highest BCUT2D eigenvalue weighted by Crippen LogP contribution is 2.25. The molecule has 15 heavy (non-hydrogen) atoms. The van der Waals surface area contributed by atoms with E-state index in [4.69, 9.17) is 17.0 Å². The molecule has 1 atom stereocenters. The number of ether oxygens (including phenoxy) is 1. The lowest BCUT2D eigenvalue weighted by Crippen LogP contribution is -2.21. The Kier molecular flexibility index (Phi) is 4.54. The molecule has 0 aromatic heterocycles. The molecule has 0 saturated carbocycles. The third-order valence-electron chi connectivity index (χ3n) is 2.23. The molecule has 0 fully saturated rings. The van der Waals surface area contributed by atoms with Crippen LogP contribution in [0.3, 0.4) is 0 Å². The van der Waals surface area contributed by atoms with Crippen molar-refractivity contribution in [2.75, 3.05) is 6.61 Å².